The van der Waals surface area contributed by atoms with E-state index in [1.807, 2.05) is 0 Å². The molecule has 2 aromatic rings. The van der Waals surface area contributed by atoms with Crippen LogP contribution in [-0.2, 0) is 46.4 Å². The lowest BCUT2D eigenvalue weighted by molar-refractivity contribution is -0.142. The molecule has 0 unspecified atom stereocenters. The maximum absolute atomic E-state index is 13.2. The van der Waals surface area contributed by atoms with Crippen molar-refractivity contribution in [2.24, 2.45) is 5.73 Å². The summed E-state index contributed by atoms with van der Waals surface area (Å²) in [6.45, 7) is 2.13. The first kappa shape index (κ1) is 39.6. The van der Waals surface area contributed by atoms with E-state index in [0.717, 1.165) is 0 Å². The molecule has 0 fully saturated rings. The highest BCUT2D eigenvalue weighted by atomic mass is 16.4. The summed E-state index contributed by atoms with van der Waals surface area (Å²) >= 11 is 0. The normalized spacial score (nSPS) is 14.4. The highest BCUT2D eigenvalue weighted by Crippen LogP contribution is 2.12. The number of carboxylic acid groups (broad SMARTS) is 2. The number of nitrogens with two attached hydrogens (primary N) is 1. The smallest absolute Gasteiger partial charge is 0.326 e. The zero-order chi connectivity index (χ0) is 36.7. The molecule has 5 amide bonds. The minimum atomic E-state index is -1.47. The Morgan fingerprint density at radius 2 is 1.08 bits per heavy atom. The Balaban J connectivity index is 2.12. The van der Waals surface area contributed by atoms with Gasteiger partial charge in [0.25, 0.3) is 0 Å². The van der Waals surface area contributed by atoms with Crippen LogP contribution >= 0.6 is 0 Å². The Hall–Kier alpha value is -5.55. The number of aliphatic hydroxyl groups excluding tert-OH is 1. The van der Waals surface area contributed by atoms with Crippen LogP contribution in [0.25, 0.3) is 0 Å². The van der Waals surface area contributed by atoms with Crippen molar-refractivity contribution in [3.05, 3.63) is 65.7 Å². The van der Waals surface area contributed by atoms with Gasteiger partial charge in [0.05, 0.1) is 12.5 Å². The molecule has 6 atom stereocenters. The van der Waals surface area contributed by atoms with Gasteiger partial charge in [-0.15, -0.1) is 0 Å². The molecule has 0 heterocycles. The van der Waals surface area contributed by atoms with E-state index >= 15 is 0 Å². The molecule has 17 nitrogen and oxygen atoms in total. The highest BCUT2D eigenvalue weighted by molar-refractivity contribution is 5.96. The van der Waals surface area contributed by atoms with Crippen molar-refractivity contribution in [2.45, 2.75) is 75.8 Å². The largest absolute Gasteiger partial charge is 0.508 e. The first-order chi connectivity index (χ1) is 23.1. The Labute approximate surface area is 281 Å². The third kappa shape index (κ3) is 13.6. The van der Waals surface area contributed by atoms with Crippen molar-refractivity contribution < 1.29 is 54.0 Å². The number of aliphatic hydroxyl groups is 1. The number of carbonyl (C=O) groups excluding carboxylic acids is 5. The number of hydrogen-bond acceptors (Lipinski definition) is 10. The first-order valence-electron chi connectivity index (χ1n) is 15.3. The fraction of sp³-hybridized carbons (Fsp3) is 0.406. The van der Waals surface area contributed by atoms with E-state index in [1.54, 1.807) is 30.3 Å². The summed E-state index contributed by atoms with van der Waals surface area (Å²) in [5.74, 6) is -6.96. The van der Waals surface area contributed by atoms with E-state index < -0.39 is 90.8 Å². The molecule has 0 saturated carbocycles. The number of aliphatic carboxylic acids is 2. The van der Waals surface area contributed by atoms with E-state index in [-0.39, 0.29) is 25.0 Å². The Morgan fingerprint density at radius 1 is 0.633 bits per heavy atom. The Morgan fingerprint density at radius 3 is 1.59 bits per heavy atom. The lowest BCUT2D eigenvalue weighted by atomic mass is 10.0. The van der Waals surface area contributed by atoms with Crippen LogP contribution in [0.3, 0.4) is 0 Å². The van der Waals surface area contributed by atoms with Crippen LogP contribution in [0.15, 0.2) is 54.6 Å². The van der Waals surface area contributed by atoms with Gasteiger partial charge in [-0.25, -0.2) is 4.79 Å². The van der Waals surface area contributed by atoms with Crippen molar-refractivity contribution in [1.29, 1.82) is 0 Å². The van der Waals surface area contributed by atoms with Crippen LogP contribution in [0, 0.1) is 0 Å². The van der Waals surface area contributed by atoms with Crippen molar-refractivity contribution in [3.63, 3.8) is 0 Å². The van der Waals surface area contributed by atoms with Crippen molar-refractivity contribution in [3.8, 4) is 5.75 Å². The van der Waals surface area contributed by atoms with Gasteiger partial charge in [0.2, 0.25) is 29.5 Å². The maximum Gasteiger partial charge on any atom is 0.326 e. The lowest BCUT2D eigenvalue weighted by Gasteiger charge is -2.25. The topological polar surface area (TPSA) is 287 Å². The number of carboxylic acids is 2. The zero-order valence-electron chi connectivity index (χ0n) is 26.9. The van der Waals surface area contributed by atoms with Crippen LogP contribution in [0.1, 0.15) is 37.8 Å². The predicted octanol–water partition coefficient (Wildman–Crippen LogP) is -2.09. The van der Waals surface area contributed by atoms with Gasteiger partial charge >= 0.3 is 11.9 Å². The predicted molar refractivity (Wildman–Crippen MR) is 173 cm³/mol. The van der Waals surface area contributed by atoms with Crippen LogP contribution in [0.5, 0.6) is 5.75 Å². The second kappa shape index (κ2) is 19.3. The molecule has 0 aliphatic heterocycles. The summed E-state index contributed by atoms with van der Waals surface area (Å²) in [5, 5.41) is 49.1. The van der Waals surface area contributed by atoms with Crippen molar-refractivity contribution >= 4 is 41.5 Å². The number of phenolic OH excluding ortho intramolecular Hbond substituents is 1. The SMILES string of the molecule is C[C@H](NC(=O)[C@H](C)NC(=O)[C@H](Cc1ccc(O)cc1)NC(=O)[C@@H](N)CC(=O)O)C(=O)N[C@@H](Cc1ccccc1)C(=O)N[C@@H](CCO)C(=O)O. The average molecular weight is 687 g/mol. The summed E-state index contributed by atoms with van der Waals surface area (Å²) in [6.07, 6.45) is -1.11. The molecular weight excluding hydrogens is 644 g/mol. The minimum Gasteiger partial charge on any atom is -0.508 e. The molecule has 11 N–H and O–H groups in total. The van der Waals surface area contributed by atoms with Gasteiger partial charge in [-0.3, -0.25) is 28.8 Å². The number of hydrogen-bond donors (Lipinski definition) is 10. The van der Waals surface area contributed by atoms with Gasteiger partial charge in [-0.05, 0) is 37.1 Å². The summed E-state index contributed by atoms with van der Waals surface area (Å²) in [5.41, 5.74) is 6.79. The van der Waals surface area contributed by atoms with Gasteiger partial charge in [0.15, 0.2) is 0 Å². The van der Waals surface area contributed by atoms with Crippen LogP contribution in [0.2, 0.25) is 0 Å². The minimum absolute atomic E-state index is 0.0265. The number of phenols is 1. The van der Waals surface area contributed by atoms with Gasteiger partial charge in [-0.2, -0.15) is 0 Å². The zero-order valence-corrected chi connectivity index (χ0v) is 26.9. The molecule has 0 aliphatic carbocycles. The summed E-state index contributed by atoms with van der Waals surface area (Å²) in [4.78, 5) is 87.4. The maximum atomic E-state index is 13.2. The monoisotopic (exact) mass is 686 g/mol. The van der Waals surface area contributed by atoms with Crippen LogP contribution in [0.4, 0.5) is 0 Å². The van der Waals surface area contributed by atoms with Gasteiger partial charge < -0.3 is 52.7 Å². The molecule has 0 radical (unpaired) electrons. The van der Waals surface area contributed by atoms with E-state index in [1.165, 1.54) is 38.1 Å². The summed E-state index contributed by atoms with van der Waals surface area (Å²) in [7, 11) is 0. The molecule has 0 saturated heterocycles. The van der Waals surface area contributed by atoms with Crippen molar-refractivity contribution in [1.82, 2.24) is 26.6 Å². The molecule has 0 aliphatic rings. The standard InChI is InChI=1S/C32H42N6O11/c1-17(35-30(46)24(15-20-8-10-21(40)11-9-20)38-29(45)22(33)16-26(41)42)27(43)34-18(2)28(44)37-25(14-19-6-4-3-5-7-19)31(47)36-23(12-13-39)32(48)49/h3-11,17-18,22-25,39-40H,12-16,33H2,1-2H3,(H,34,43)(H,35,46)(H,36,47)(H,37,44)(H,38,45)(H,41,42)(H,48,49)/t17-,18-,22-,23-,24-,25-/m0/s1. The molecule has 0 aromatic heterocycles. The van der Waals surface area contributed by atoms with E-state index in [9.17, 15) is 43.8 Å². The number of carbonyl (C=O) groups is 7. The number of rotatable bonds is 19. The number of nitrogens with one attached hydrogen (secondary N) is 5. The quantitative estimate of drug-likeness (QED) is 0.0761. The van der Waals surface area contributed by atoms with Gasteiger partial charge in [0.1, 0.15) is 36.0 Å². The fourth-order valence-electron chi connectivity index (χ4n) is 4.43. The van der Waals surface area contributed by atoms with Crippen molar-refractivity contribution in [2.75, 3.05) is 6.61 Å². The third-order valence-electron chi connectivity index (χ3n) is 7.19. The second-order valence-electron chi connectivity index (χ2n) is 11.3. The molecule has 266 valence electrons. The van der Waals surface area contributed by atoms with Crippen LogP contribution < -0.4 is 32.3 Å². The molecule has 2 rings (SSSR count). The number of aromatic hydroxyl groups is 1. The fourth-order valence-corrected chi connectivity index (χ4v) is 4.43. The van der Waals surface area contributed by atoms with E-state index in [2.05, 4.69) is 26.6 Å². The lowest BCUT2D eigenvalue weighted by Crippen LogP contribution is -2.58. The summed E-state index contributed by atoms with van der Waals surface area (Å²) in [6, 6.07) is 6.31. The number of benzene rings is 2. The molecule has 49 heavy (non-hydrogen) atoms. The first-order valence-corrected chi connectivity index (χ1v) is 15.3. The van der Waals surface area contributed by atoms with Gasteiger partial charge in [-0.1, -0.05) is 42.5 Å². The molecule has 17 heteroatoms. The average Bonchev–Trinajstić information content (AvgIpc) is 3.04. The van der Waals surface area contributed by atoms with Gasteiger partial charge in [0, 0.05) is 25.9 Å². The molecule has 2 aromatic carbocycles. The Kier molecular flexibility index (Phi) is 15.6. The van der Waals surface area contributed by atoms with Crippen LogP contribution in [-0.4, -0.2) is 105 Å². The highest BCUT2D eigenvalue weighted by Gasteiger charge is 2.31. The third-order valence-corrected chi connectivity index (χ3v) is 7.19. The number of amides is 5. The Bertz CT molecular complexity index is 1470. The molecular formula is C32H42N6O11. The molecule has 0 spiro atoms. The van der Waals surface area contributed by atoms with E-state index in [4.69, 9.17) is 15.9 Å². The summed E-state index contributed by atoms with van der Waals surface area (Å²) < 4.78 is 0. The van der Waals surface area contributed by atoms with E-state index in [0.29, 0.717) is 11.1 Å². The molecule has 0 bridgehead atoms. The second-order valence-corrected chi connectivity index (χ2v) is 11.3.